The molecule has 0 fully saturated rings. The van der Waals surface area contributed by atoms with E-state index < -0.39 is 5.97 Å². The summed E-state index contributed by atoms with van der Waals surface area (Å²) < 4.78 is 5.24. The number of amides is 1. The Morgan fingerprint density at radius 2 is 1.96 bits per heavy atom. The maximum absolute atomic E-state index is 12.1. The Labute approximate surface area is 133 Å². The molecule has 0 bridgehead atoms. The number of carbonyl (C=O) groups is 2. The number of carbonyl (C=O) groups excluding carboxylic acids is 2. The van der Waals surface area contributed by atoms with Gasteiger partial charge in [-0.05, 0) is 18.2 Å². The lowest BCUT2D eigenvalue weighted by molar-refractivity contribution is -0.137. The Morgan fingerprint density at radius 1 is 1.13 bits per heavy atom. The number of rotatable bonds is 4. The molecule has 2 heterocycles. The van der Waals surface area contributed by atoms with Gasteiger partial charge in [0.05, 0.1) is 5.69 Å². The van der Waals surface area contributed by atoms with E-state index in [1.165, 1.54) is 5.01 Å². The fraction of sp³-hybridized carbons (Fsp3) is 0.176. The minimum atomic E-state index is -0.512. The van der Waals surface area contributed by atoms with Gasteiger partial charge in [-0.1, -0.05) is 24.3 Å². The van der Waals surface area contributed by atoms with Gasteiger partial charge in [-0.2, -0.15) is 5.10 Å². The molecule has 0 saturated heterocycles. The maximum atomic E-state index is 12.1. The number of hydrazone groups is 1. The highest BCUT2D eigenvalue weighted by atomic mass is 16.5. The largest absolute Gasteiger partial charge is 0.456 e. The number of anilines is 1. The quantitative estimate of drug-likeness (QED) is 0.812. The monoisotopic (exact) mass is 309 g/mol. The molecule has 1 aromatic heterocycles. The van der Waals surface area contributed by atoms with Crippen molar-refractivity contribution in [2.45, 2.75) is 19.4 Å². The molecule has 0 spiro atoms. The SMILES string of the molecule is O=C(OCc1cccnc1)C1=NN(c2ccccc2)C(=O)CC1. The molecule has 6 nitrogen and oxygen atoms in total. The highest BCUT2D eigenvalue weighted by Gasteiger charge is 2.26. The van der Waals surface area contributed by atoms with Gasteiger partial charge >= 0.3 is 5.97 Å². The van der Waals surface area contributed by atoms with Crippen molar-refractivity contribution in [3.63, 3.8) is 0 Å². The van der Waals surface area contributed by atoms with Crippen LogP contribution in [-0.4, -0.2) is 22.6 Å². The molecule has 1 aliphatic rings. The number of benzene rings is 1. The van der Waals surface area contributed by atoms with Crippen molar-refractivity contribution in [1.82, 2.24) is 4.98 Å². The third kappa shape index (κ3) is 3.60. The molecule has 0 radical (unpaired) electrons. The molecule has 3 rings (SSSR count). The van der Waals surface area contributed by atoms with Crippen LogP contribution in [0.5, 0.6) is 0 Å². The van der Waals surface area contributed by atoms with E-state index in [1.54, 1.807) is 30.6 Å². The van der Waals surface area contributed by atoms with Crippen LogP contribution in [-0.2, 0) is 20.9 Å². The lowest BCUT2D eigenvalue weighted by Gasteiger charge is -2.22. The molecule has 116 valence electrons. The number of esters is 1. The molecule has 0 atom stereocenters. The van der Waals surface area contributed by atoms with Gasteiger partial charge in [-0.25, -0.2) is 9.80 Å². The van der Waals surface area contributed by atoms with Crippen molar-refractivity contribution in [3.05, 3.63) is 60.4 Å². The molecule has 0 unspecified atom stereocenters. The average Bonchev–Trinajstić information content (AvgIpc) is 2.62. The van der Waals surface area contributed by atoms with E-state index in [9.17, 15) is 9.59 Å². The van der Waals surface area contributed by atoms with Crippen LogP contribution in [0.3, 0.4) is 0 Å². The molecular formula is C17H15N3O3. The van der Waals surface area contributed by atoms with E-state index in [4.69, 9.17) is 4.74 Å². The summed E-state index contributed by atoms with van der Waals surface area (Å²) in [4.78, 5) is 28.1. The van der Waals surface area contributed by atoms with Crippen LogP contribution in [0.25, 0.3) is 0 Å². The Bertz CT molecular complexity index is 729. The number of nitrogens with zero attached hydrogens (tertiary/aromatic N) is 3. The van der Waals surface area contributed by atoms with E-state index >= 15 is 0 Å². The van der Waals surface area contributed by atoms with Crippen LogP contribution in [0.2, 0.25) is 0 Å². The van der Waals surface area contributed by atoms with Crippen LogP contribution >= 0.6 is 0 Å². The predicted octanol–water partition coefficient (Wildman–Crippen LogP) is 2.31. The van der Waals surface area contributed by atoms with Crippen LogP contribution < -0.4 is 5.01 Å². The number of ether oxygens (including phenoxy) is 1. The number of hydrogen-bond acceptors (Lipinski definition) is 5. The smallest absolute Gasteiger partial charge is 0.354 e. The lowest BCUT2D eigenvalue weighted by atomic mass is 10.1. The second kappa shape index (κ2) is 6.83. The predicted molar refractivity (Wildman–Crippen MR) is 84.6 cm³/mol. The van der Waals surface area contributed by atoms with Gasteiger partial charge in [0.2, 0.25) is 5.91 Å². The first-order chi connectivity index (χ1) is 11.2. The van der Waals surface area contributed by atoms with Gasteiger partial charge in [0, 0.05) is 30.8 Å². The van der Waals surface area contributed by atoms with Crippen LogP contribution in [0.1, 0.15) is 18.4 Å². The summed E-state index contributed by atoms with van der Waals surface area (Å²) in [5.41, 5.74) is 1.68. The summed E-state index contributed by atoms with van der Waals surface area (Å²) >= 11 is 0. The minimum Gasteiger partial charge on any atom is -0.456 e. The van der Waals surface area contributed by atoms with Gasteiger partial charge in [0.1, 0.15) is 12.3 Å². The number of aromatic nitrogens is 1. The minimum absolute atomic E-state index is 0.130. The average molecular weight is 309 g/mol. The molecule has 6 heteroatoms. The van der Waals surface area contributed by atoms with Gasteiger partial charge < -0.3 is 4.74 Å². The number of pyridine rings is 1. The number of hydrogen-bond donors (Lipinski definition) is 0. The van der Waals surface area contributed by atoms with Crippen molar-refractivity contribution >= 4 is 23.3 Å². The van der Waals surface area contributed by atoms with Crippen LogP contribution in [0.4, 0.5) is 5.69 Å². The van der Waals surface area contributed by atoms with Crippen LogP contribution in [0.15, 0.2) is 60.0 Å². The Morgan fingerprint density at radius 3 is 2.70 bits per heavy atom. The highest BCUT2D eigenvalue weighted by Crippen LogP contribution is 2.20. The van der Waals surface area contributed by atoms with E-state index in [1.807, 2.05) is 24.3 Å². The maximum Gasteiger partial charge on any atom is 0.354 e. The van der Waals surface area contributed by atoms with E-state index in [-0.39, 0.29) is 31.1 Å². The molecule has 2 aromatic rings. The summed E-state index contributed by atoms with van der Waals surface area (Å²) in [5.74, 6) is -0.651. The topological polar surface area (TPSA) is 71.9 Å². The first-order valence-corrected chi connectivity index (χ1v) is 7.25. The lowest BCUT2D eigenvalue weighted by Crippen LogP contribution is -2.34. The third-order valence-electron chi connectivity index (χ3n) is 3.36. The molecule has 1 aromatic carbocycles. The Balaban J connectivity index is 1.71. The van der Waals surface area contributed by atoms with Gasteiger partial charge in [0.25, 0.3) is 0 Å². The molecular weight excluding hydrogens is 294 g/mol. The Hall–Kier alpha value is -3.02. The van der Waals surface area contributed by atoms with Crippen molar-refractivity contribution in [2.24, 2.45) is 5.10 Å². The van der Waals surface area contributed by atoms with Crippen molar-refractivity contribution < 1.29 is 14.3 Å². The summed E-state index contributed by atoms with van der Waals surface area (Å²) in [6.07, 6.45) is 3.80. The zero-order valence-corrected chi connectivity index (χ0v) is 12.4. The summed E-state index contributed by atoms with van der Waals surface area (Å²) in [6, 6.07) is 12.6. The van der Waals surface area contributed by atoms with Gasteiger partial charge in [-0.3, -0.25) is 9.78 Å². The molecule has 23 heavy (non-hydrogen) atoms. The second-order valence-corrected chi connectivity index (χ2v) is 5.03. The van der Waals surface area contributed by atoms with Crippen molar-refractivity contribution in [2.75, 3.05) is 5.01 Å². The summed E-state index contributed by atoms with van der Waals surface area (Å²) in [5, 5.41) is 5.41. The zero-order chi connectivity index (χ0) is 16.1. The summed E-state index contributed by atoms with van der Waals surface area (Å²) in [6.45, 7) is 0.130. The van der Waals surface area contributed by atoms with Gasteiger partial charge in [0.15, 0.2) is 0 Å². The third-order valence-corrected chi connectivity index (χ3v) is 3.36. The molecule has 1 aliphatic heterocycles. The molecule has 0 aliphatic carbocycles. The molecule has 0 N–H and O–H groups in total. The van der Waals surface area contributed by atoms with Gasteiger partial charge in [-0.15, -0.1) is 0 Å². The van der Waals surface area contributed by atoms with Crippen molar-refractivity contribution in [1.29, 1.82) is 0 Å². The highest BCUT2D eigenvalue weighted by molar-refractivity contribution is 6.37. The Kier molecular flexibility index (Phi) is 4.42. The second-order valence-electron chi connectivity index (χ2n) is 5.03. The normalized spacial score (nSPS) is 14.3. The molecule has 1 amide bonds. The van der Waals surface area contributed by atoms with E-state index in [0.717, 1.165) is 5.56 Å². The fourth-order valence-corrected chi connectivity index (χ4v) is 2.19. The van der Waals surface area contributed by atoms with Crippen molar-refractivity contribution in [3.8, 4) is 0 Å². The van der Waals surface area contributed by atoms with E-state index in [0.29, 0.717) is 5.69 Å². The first kappa shape index (κ1) is 14.9. The fourth-order valence-electron chi connectivity index (χ4n) is 2.19. The zero-order valence-electron chi connectivity index (χ0n) is 12.4. The number of para-hydroxylation sites is 1. The van der Waals surface area contributed by atoms with E-state index in [2.05, 4.69) is 10.1 Å². The molecule has 0 saturated carbocycles. The standard InChI is InChI=1S/C17H15N3O3/c21-16-9-8-15(19-20(16)14-6-2-1-3-7-14)17(22)23-12-13-5-4-10-18-11-13/h1-7,10-11H,8-9,12H2. The van der Waals surface area contributed by atoms with Crippen LogP contribution in [0, 0.1) is 0 Å². The first-order valence-electron chi connectivity index (χ1n) is 7.25. The summed E-state index contributed by atoms with van der Waals surface area (Å²) in [7, 11) is 0.